The van der Waals surface area contributed by atoms with Gasteiger partial charge in [-0.3, -0.25) is 19.2 Å². The molecule has 1 rings (SSSR count). The molecule has 1 saturated heterocycles. The third kappa shape index (κ3) is 6.99. The van der Waals surface area contributed by atoms with Crippen molar-refractivity contribution in [3.8, 4) is 0 Å². The first-order valence-corrected chi connectivity index (χ1v) is 10.4. The molecule has 5 unspecified atom stereocenters. The lowest BCUT2D eigenvalue weighted by Gasteiger charge is -2.32. The van der Waals surface area contributed by atoms with Crippen molar-refractivity contribution in [1.29, 1.82) is 0 Å². The molecule has 1 aliphatic heterocycles. The van der Waals surface area contributed by atoms with E-state index in [0.717, 1.165) is 0 Å². The molecule has 5 atom stereocenters. The number of carboxylic acids is 1. The van der Waals surface area contributed by atoms with Gasteiger partial charge in [0.15, 0.2) is 0 Å². The Balaban J connectivity index is 2.93. The van der Waals surface area contributed by atoms with Crippen LogP contribution in [0.15, 0.2) is 0 Å². The monoisotopic (exact) mass is 412 g/mol. The largest absolute Gasteiger partial charge is 0.480 e. The van der Waals surface area contributed by atoms with Gasteiger partial charge >= 0.3 is 5.97 Å². The summed E-state index contributed by atoms with van der Waals surface area (Å²) in [6.07, 6.45) is 2.27. The van der Waals surface area contributed by atoms with E-state index in [9.17, 15) is 19.2 Å². The second kappa shape index (κ2) is 11.1. The number of nitrogens with two attached hydrogens (primary N) is 1. The predicted molar refractivity (Wildman–Crippen MR) is 109 cm³/mol. The van der Waals surface area contributed by atoms with Crippen molar-refractivity contribution in [2.45, 2.75) is 84.5 Å². The first kappa shape index (κ1) is 24.9. The van der Waals surface area contributed by atoms with Gasteiger partial charge in [-0.1, -0.05) is 34.1 Å². The lowest BCUT2D eigenvalue weighted by atomic mass is 9.96. The number of hydrogen-bond acceptors (Lipinski definition) is 5. The number of carbonyl (C=O) groups excluding carboxylic acids is 3. The van der Waals surface area contributed by atoms with Crippen molar-refractivity contribution in [2.75, 3.05) is 6.54 Å². The smallest absolute Gasteiger partial charge is 0.325 e. The Hall–Kier alpha value is -2.16. The van der Waals surface area contributed by atoms with Crippen molar-refractivity contribution in [3.05, 3.63) is 0 Å². The van der Waals surface area contributed by atoms with Gasteiger partial charge in [0.2, 0.25) is 17.7 Å². The van der Waals surface area contributed by atoms with E-state index < -0.39 is 36.0 Å². The number of carboxylic acid groups (broad SMARTS) is 1. The van der Waals surface area contributed by atoms with Gasteiger partial charge in [0.05, 0.1) is 6.04 Å². The Morgan fingerprint density at radius 3 is 2.28 bits per heavy atom. The Labute approximate surface area is 172 Å². The zero-order chi connectivity index (χ0) is 22.3. The highest BCUT2D eigenvalue weighted by atomic mass is 16.4. The quantitative estimate of drug-likeness (QED) is 0.411. The molecule has 9 nitrogen and oxygen atoms in total. The minimum Gasteiger partial charge on any atom is -0.480 e. The number of nitrogens with zero attached hydrogens (tertiary/aromatic N) is 1. The summed E-state index contributed by atoms with van der Waals surface area (Å²) >= 11 is 0. The maximum atomic E-state index is 13.2. The molecule has 29 heavy (non-hydrogen) atoms. The molecule has 0 aromatic heterocycles. The fraction of sp³-hybridized carbons (Fsp3) is 0.800. The SMILES string of the molecule is CCC(C)C(NC(=O)C(N)CC(C)C)C(=O)N1CCCC1C(=O)NC(C)C(=O)O. The van der Waals surface area contributed by atoms with E-state index in [-0.39, 0.29) is 23.7 Å². The van der Waals surface area contributed by atoms with Crippen LogP contribution >= 0.6 is 0 Å². The van der Waals surface area contributed by atoms with Crippen molar-refractivity contribution < 1.29 is 24.3 Å². The van der Waals surface area contributed by atoms with Crippen molar-refractivity contribution in [1.82, 2.24) is 15.5 Å². The number of carbonyl (C=O) groups is 4. The maximum absolute atomic E-state index is 13.2. The molecule has 3 amide bonds. The summed E-state index contributed by atoms with van der Waals surface area (Å²) in [5.74, 6) is -2.23. The predicted octanol–water partition coefficient (Wildman–Crippen LogP) is 0.471. The Morgan fingerprint density at radius 1 is 1.14 bits per heavy atom. The van der Waals surface area contributed by atoms with Gasteiger partial charge in [-0.05, 0) is 38.0 Å². The van der Waals surface area contributed by atoms with Gasteiger partial charge in [-0.25, -0.2) is 0 Å². The number of rotatable bonds is 10. The summed E-state index contributed by atoms with van der Waals surface area (Å²) in [6, 6.07) is -3.27. The Bertz CT molecular complexity index is 610. The van der Waals surface area contributed by atoms with Gasteiger partial charge in [0.1, 0.15) is 18.1 Å². The highest BCUT2D eigenvalue weighted by molar-refractivity contribution is 5.94. The summed E-state index contributed by atoms with van der Waals surface area (Å²) in [7, 11) is 0. The molecular weight excluding hydrogens is 376 g/mol. The van der Waals surface area contributed by atoms with Gasteiger partial charge < -0.3 is 26.4 Å². The van der Waals surface area contributed by atoms with Gasteiger partial charge in [-0.2, -0.15) is 0 Å². The minimum absolute atomic E-state index is 0.139. The standard InChI is InChI=1S/C20H36N4O5/c1-6-12(4)16(23-17(25)14(21)10-11(2)3)19(27)24-9-7-8-15(24)18(26)22-13(5)20(28)29/h11-16H,6-10,21H2,1-5H3,(H,22,26)(H,23,25)(H,28,29). The molecule has 0 radical (unpaired) electrons. The highest BCUT2D eigenvalue weighted by Crippen LogP contribution is 2.22. The molecule has 1 fully saturated rings. The van der Waals surface area contributed by atoms with Gasteiger partial charge in [-0.15, -0.1) is 0 Å². The number of nitrogens with one attached hydrogen (secondary N) is 2. The number of hydrogen-bond donors (Lipinski definition) is 4. The zero-order valence-electron chi connectivity index (χ0n) is 18.1. The third-order valence-corrected chi connectivity index (χ3v) is 5.41. The number of amides is 3. The molecule has 166 valence electrons. The fourth-order valence-corrected chi connectivity index (χ4v) is 3.41. The van der Waals surface area contributed by atoms with Crippen LogP contribution < -0.4 is 16.4 Å². The normalized spacial score (nSPS) is 20.7. The van der Waals surface area contributed by atoms with Crippen LogP contribution in [-0.2, 0) is 19.2 Å². The molecule has 1 heterocycles. The first-order chi connectivity index (χ1) is 13.5. The van der Waals surface area contributed by atoms with Crippen LogP contribution in [0.2, 0.25) is 0 Å². The molecule has 5 N–H and O–H groups in total. The zero-order valence-corrected chi connectivity index (χ0v) is 18.1. The van der Waals surface area contributed by atoms with E-state index in [0.29, 0.717) is 32.2 Å². The van der Waals surface area contributed by atoms with Gasteiger partial charge in [0, 0.05) is 6.54 Å². The van der Waals surface area contributed by atoms with Crippen LogP contribution in [0.5, 0.6) is 0 Å². The van der Waals surface area contributed by atoms with Crippen molar-refractivity contribution in [2.24, 2.45) is 17.6 Å². The summed E-state index contributed by atoms with van der Waals surface area (Å²) in [6.45, 7) is 9.49. The summed E-state index contributed by atoms with van der Waals surface area (Å²) in [4.78, 5) is 50.7. The van der Waals surface area contributed by atoms with Gasteiger partial charge in [0.25, 0.3) is 0 Å². The molecule has 0 bridgehead atoms. The molecular formula is C20H36N4O5. The second-order valence-corrected chi connectivity index (χ2v) is 8.37. The highest BCUT2D eigenvalue weighted by Gasteiger charge is 2.40. The van der Waals surface area contributed by atoms with E-state index in [4.69, 9.17) is 10.8 Å². The maximum Gasteiger partial charge on any atom is 0.325 e. The van der Waals surface area contributed by atoms with Crippen LogP contribution in [0.25, 0.3) is 0 Å². The lowest BCUT2D eigenvalue weighted by molar-refractivity contribution is -0.145. The third-order valence-electron chi connectivity index (χ3n) is 5.41. The average Bonchev–Trinajstić information content (AvgIpc) is 3.13. The van der Waals surface area contributed by atoms with E-state index in [2.05, 4.69) is 10.6 Å². The van der Waals surface area contributed by atoms with Crippen molar-refractivity contribution in [3.63, 3.8) is 0 Å². The minimum atomic E-state index is -1.14. The molecule has 0 aromatic rings. The second-order valence-electron chi connectivity index (χ2n) is 8.37. The molecule has 1 aliphatic rings. The summed E-state index contributed by atoms with van der Waals surface area (Å²) < 4.78 is 0. The van der Waals surface area contributed by atoms with E-state index in [1.54, 1.807) is 0 Å². The molecule has 0 saturated carbocycles. The van der Waals surface area contributed by atoms with E-state index in [1.807, 2.05) is 27.7 Å². The van der Waals surface area contributed by atoms with E-state index >= 15 is 0 Å². The van der Waals surface area contributed by atoms with Crippen LogP contribution in [0.3, 0.4) is 0 Å². The molecule has 0 spiro atoms. The fourth-order valence-electron chi connectivity index (χ4n) is 3.41. The van der Waals surface area contributed by atoms with Crippen LogP contribution in [0.1, 0.15) is 60.3 Å². The molecule has 0 aromatic carbocycles. The first-order valence-electron chi connectivity index (χ1n) is 10.4. The van der Waals surface area contributed by atoms with Crippen LogP contribution in [0.4, 0.5) is 0 Å². The topological polar surface area (TPSA) is 142 Å². The summed E-state index contributed by atoms with van der Waals surface area (Å²) in [5.41, 5.74) is 5.96. The van der Waals surface area contributed by atoms with Crippen LogP contribution in [0, 0.1) is 11.8 Å². The number of likely N-dealkylation sites (tertiary alicyclic amines) is 1. The Morgan fingerprint density at radius 2 is 1.76 bits per heavy atom. The van der Waals surface area contributed by atoms with Crippen molar-refractivity contribution >= 4 is 23.7 Å². The Kier molecular flexibility index (Phi) is 9.55. The van der Waals surface area contributed by atoms with Crippen LogP contribution in [-0.4, -0.2) is 64.4 Å². The van der Waals surface area contributed by atoms with E-state index in [1.165, 1.54) is 11.8 Å². The molecule has 9 heteroatoms. The molecule has 0 aliphatic carbocycles. The lowest BCUT2D eigenvalue weighted by Crippen LogP contribution is -2.58. The average molecular weight is 413 g/mol. The summed E-state index contributed by atoms with van der Waals surface area (Å²) in [5, 5.41) is 14.2. The number of aliphatic carboxylic acids is 1.